The highest BCUT2D eigenvalue weighted by molar-refractivity contribution is 7.15. The number of carbonyl (C=O) groups excluding carboxylic acids is 1. The molecule has 1 heterocycles. The van der Waals surface area contributed by atoms with Crippen LogP contribution in [0.2, 0.25) is 0 Å². The van der Waals surface area contributed by atoms with E-state index >= 15 is 0 Å². The van der Waals surface area contributed by atoms with E-state index in [0.717, 1.165) is 19.4 Å². The summed E-state index contributed by atoms with van der Waals surface area (Å²) >= 11 is 1.77. The van der Waals surface area contributed by atoms with E-state index in [1.54, 1.807) is 11.3 Å². The van der Waals surface area contributed by atoms with Crippen molar-refractivity contribution >= 4 is 17.2 Å². The highest BCUT2D eigenvalue weighted by atomic mass is 32.1. The van der Waals surface area contributed by atoms with Gasteiger partial charge in [-0.25, -0.2) is 0 Å². The van der Waals surface area contributed by atoms with Crippen LogP contribution in [0.25, 0.3) is 10.4 Å². The van der Waals surface area contributed by atoms with E-state index in [2.05, 4.69) is 47.0 Å². The minimum Gasteiger partial charge on any atom is -0.352 e. The second-order valence-corrected chi connectivity index (χ2v) is 6.25. The van der Waals surface area contributed by atoms with E-state index < -0.39 is 0 Å². The molecule has 4 heteroatoms. The topological polar surface area (TPSA) is 41.1 Å². The fourth-order valence-electron chi connectivity index (χ4n) is 2.04. The van der Waals surface area contributed by atoms with Crippen molar-refractivity contribution in [3.05, 3.63) is 47.3 Å². The van der Waals surface area contributed by atoms with Gasteiger partial charge in [-0.3, -0.25) is 4.79 Å². The standard InChI is InChI=1S/C16H18N2OS/c19-16(18-13-6-7-13)11-17-10-14-8-9-15(20-14)12-4-2-1-3-5-12/h1-5,8-9,13,17H,6-7,10-11H2,(H,18,19). The van der Waals surface area contributed by atoms with E-state index in [9.17, 15) is 4.79 Å². The fourth-order valence-corrected chi connectivity index (χ4v) is 3.02. The predicted octanol–water partition coefficient (Wildman–Crippen LogP) is 2.78. The summed E-state index contributed by atoms with van der Waals surface area (Å²) in [6.07, 6.45) is 2.27. The van der Waals surface area contributed by atoms with Crippen molar-refractivity contribution in [2.75, 3.05) is 6.54 Å². The third-order valence-electron chi connectivity index (χ3n) is 3.25. The summed E-state index contributed by atoms with van der Waals surface area (Å²) in [5, 5.41) is 6.17. The van der Waals surface area contributed by atoms with Crippen molar-refractivity contribution in [2.45, 2.75) is 25.4 Å². The van der Waals surface area contributed by atoms with E-state index in [1.807, 2.05) is 6.07 Å². The average molecular weight is 286 g/mol. The Labute approximate surface area is 123 Å². The van der Waals surface area contributed by atoms with Gasteiger partial charge in [-0.1, -0.05) is 30.3 Å². The van der Waals surface area contributed by atoms with Crippen molar-refractivity contribution in [1.82, 2.24) is 10.6 Å². The summed E-state index contributed by atoms with van der Waals surface area (Å²) in [4.78, 5) is 14.1. The number of nitrogens with one attached hydrogen (secondary N) is 2. The highest BCUT2D eigenvalue weighted by Gasteiger charge is 2.22. The fraction of sp³-hybridized carbons (Fsp3) is 0.312. The van der Waals surface area contributed by atoms with Crippen LogP contribution < -0.4 is 10.6 Å². The van der Waals surface area contributed by atoms with E-state index in [0.29, 0.717) is 12.6 Å². The second-order valence-electron chi connectivity index (χ2n) is 5.08. The van der Waals surface area contributed by atoms with Crippen molar-refractivity contribution in [1.29, 1.82) is 0 Å². The van der Waals surface area contributed by atoms with Gasteiger partial charge in [0.25, 0.3) is 0 Å². The van der Waals surface area contributed by atoms with Gasteiger partial charge in [0, 0.05) is 22.3 Å². The van der Waals surface area contributed by atoms with Crippen LogP contribution in [-0.2, 0) is 11.3 Å². The number of amides is 1. The second kappa shape index (κ2) is 6.20. The SMILES string of the molecule is O=C(CNCc1ccc(-c2ccccc2)s1)NC1CC1. The monoisotopic (exact) mass is 286 g/mol. The van der Waals surface area contributed by atoms with Crippen LogP contribution in [0.3, 0.4) is 0 Å². The van der Waals surface area contributed by atoms with Gasteiger partial charge in [-0.05, 0) is 30.5 Å². The molecule has 1 aliphatic rings. The zero-order valence-corrected chi connectivity index (χ0v) is 12.1. The van der Waals surface area contributed by atoms with Gasteiger partial charge in [0.2, 0.25) is 5.91 Å². The minimum atomic E-state index is 0.104. The molecular weight excluding hydrogens is 268 g/mol. The normalized spacial score (nSPS) is 14.2. The Morgan fingerprint density at radius 2 is 1.95 bits per heavy atom. The molecule has 0 aliphatic heterocycles. The van der Waals surface area contributed by atoms with Crippen LogP contribution in [0, 0.1) is 0 Å². The Kier molecular flexibility index (Phi) is 4.14. The molecule has 0 saturated heterocycles. The van der Waals surface area contributed by atoms with Gasteiger partial charge in [0.15, 0.2) is 0 Å². The summed E-state index contributed by atoms with van der Waals surface area (Å²) in [7, 11) is 0. The molecule has 104 valence electrons. The molecule has 0 atom stereocenters. The first-order valence-electron chi connectivity index (χ1n) is 6.95. The summed E-state index contributed by atoms with van der Waals surface area (Å²) in [6, 6.07) is 15.1. The molecule has 2 N–H and O–H groups in total. The number of hydrogen-bond acceptors (Lipinski definition) is 3. The summed E-state index contributed by atoms with van der Waals surface area (Å²) in [5.41, 5.74) is 1.25. The van der Waals surface area contributed by atoms with Gasteiger partial charge in [-0.15, -0.1) is 11.3 Å². The molecular formula is C16H18N2OS. The van der Waals surface area contributed by atoms with Gasteiger partial charge in [0.05, 0.1) is 6.54 Å². The lowest BCUT2D eigenvalue weighted by Crippen LogP contribution is -2.34. The molecule has 1 saturated carbocycles. The van der Waals surface area contributed by atoms with Gasteiger partial charge < -0.3 is 10.6 Å². The van der Waals surface area contributed by atoms with Gasteiger partial charge in [-0.2, -0.15) is 0 Å². The molecule has 1 aromatic heterocycles. The quantitative estimate of drug-likeness (QED) is 0.857. The average Bonchev–Trinajstić information content (AvgIpc) is 3.15. The maximum atomic E-state index is 11.5. The largest absolute Gasteiger partial charge is 0.352 e. The lowest BCUT2D eigenvalue weighted by atomic mass is 10.2. The Hall–Kier alpha value is -1.65. The van der Waals surface area contributed by atoms with E-state index in [-0.39, 0.29) is 5.91 Å². The van der Waals surface area contributed by atoms with E-state index in [1.165, 1.54) is 15.3 Å². The summed E-state index contributed by atoms with van der Waals surface area (Å²) in [5.74, 6) is 0.104. The lowest BCUT2D eigenvalue weighted by Gasteiger charge is -2.04. The third kappa shape index (κ3) is 3.68. The molecule has 1 aromatic carbocycles. The molecule has 0 bridgehead atoms. The predicted molar refractivity (Wildman–Crippen MR) is 82.6 cm³/mol. The molecule has 0 radical (unpaired) electrons. The summed E-state index contributed by atoms with van der Waals surface area (Å²) in [6.45, 7) is 1.14. The first-order chi connectivity index (χ1) is 9.81. The molecule has 0 spiro atoms. The zero-order valence-electron chi connectivity index (χ0n) is 11.3. The molecule has 1 fully saturated rings. The van der Waals surface area contributed by atoms with Crippen molar-refractivity contribution < 1.29 is 4.79 Å². The van der Waals surface area contributed by atoms with Gasteiger partial charge >= 0.3 is 0 Å². The Morgan fingerprint density at radius 3 is 2.70 bits per heavy atom. The van der Waals surface area contributed by atoms with Crippen LogP contribution in [0.15, 0.2) is 42.5 Å². The maximum Gasteiger partial charge on any atom is 0.234 e. The Bertz CT molecular complexity index is 575. The third-order valence-corrected chi connectivity index (χ3v) is 4.38. The summed E-state index contributed by atoms with van der Waals surface area (Å²) < 4.78 is 0. The number of benzene rings is 1. The first kappa shape index (κ1) is 13.3. The molecule has 2 aromatic rings. The zero-order chi connectivity index (χ0) is 13.8. The van der Waals surface area contributed by atoms with E-state index in [4.69, 9.17) is 0 Å². The van der Waals surface area contributed by atoms with Crippen LogP contribution in [-0.4, -0.2) is 18.5 Å². The number of thiophene rings is 1. The molecule has 0 unspecified atom stereocenters. The highest BCUT2D eigenvalue weighted by Crippen LogP contribution is 2.27. The van der Waals surface area contributed by atoms with Crippen LogP contribution in [0.1, 0.15) is 17.7 Å². The van der Waals surface area contributed by atoms with Crippen molar-refractivity contribution in [3.63, 3.8) is 0 Å². The number of carbonyl (C=O) groups is 1. The smallest absolute Gasteiger partial charge is 0.234 e. The molecule has 20 heavy (non-hydrogen) atoms. The van der Waals surface area contributed by atoms with Gasteiger partial charge in [0.1, 0.15) is 0 Å². The molecule has 3 nitrogen and oxygen atoms in total. The van der Waals surface area contributed by atoms with Crippen molar-refractivity contribution in [3.8, 4) is 10.4 Å². The Balaban J connectivity index is 1.48. The maximum absolute atomic E-state index is 11.5. The Morgan fingerprint density at radius 1 is 1.15 bits per heavy atom. The minimum absolute atomic E-state index is 0.104. The lowest BCUT2D eigenvalue weighted by molar-refractivity contribution is -0.120. The van der Waals surface area contributed by atoms with Crippen LogP contribution >= 0.6 is 11.3 Å². The first-order valence-corrected chi connectivity index (χ1v) is 7.77. The molecule has 3 rings (SSSR count). The molecule has 1 aliphatic carbocycles. The van der Waals surface area contributed by atoms with Crippen molar-refractivity contribution in [2.24, 2.45) is 0 Å². The number of hydrogen-bond donors (Lipinski definition) is 2. The number of rotatable bonds is 6. The van der Waals surface area contributed by atoms with Crippen LogP contribution in [0.5, 0.6) is 0 Å². The molecule has 1 amide bonds. The van der Waals surface area contributed by atoms with Crippen LogP contribution in [0.4, 0.5) is 0 Å².